The van der Waals surface area contributed by atoms with Gasteiger partial charge in [-0.1, -0.05) is 12.1 Å². The van der Waals surface area contributed by atoms with Crippen LogP contribution < -0.4 is 4.74 Å². The van der Waals surface area contributed by atoms with Crippen molar-refractivity contribution in [3.8, 4) is 5.75 Å². The smallest absolute Gasteiger partial charge is 0.127 e. The van der Waals surface area contributed by atoms with Crippen LogP contribution in [-0.4, -0.2) is 6.10 Å². The third-order valence-electron chi connectivity index (χ3n) is 2.21. The highest BCUT2D eigenvalue weighted by atomic mass is 16.5. The van der Waals surface area contributed by atoms with Gasteiger partial charge in [-0.05, 0) is 44.2 Å². The van der Waals surface area contributed by atoms with Crippen LogP contribution in [0, 0.1) is 6.07 Å². The van der Waals surface area contributed by atoms with Gasteiger partial charge in [0.05, 0.1) is 6.10 Å². The predicted molar refractivity (Wildman–Crippen MR) is 53.0 cm³/mol. The van der Waals surface area contributed by atoms with Crippen molar-refractivity contribution in [2.45, 2.75) is 38.7 Å². The van der Waals surface area contributed by atoms with Crippen molar-refractivity contribution in [2.75, 3.05) is 0 Å². The summed E-state index contributed by atoms with van der Waals surface area (Å²) >= 11 is 0. The molecule has 1 fully saturated rings. The Morgan fingerprint density at radius 2 is 2.23 bits per heavy atom. The Balaban J connectivity index is 2.12. The highest BCUT2D eigenvalue weighted by Gasteiger charge is 2.23. The Labute approximate surface area is 79.7 Å². The molecule has 1 aromatic carbocycles. The minimum absolute atomic E-state index is 0.241. The molecule has 1 aliphatic carbocycles. The maximum absolute atomic E-state index is 5.58. The van der Waals surface area contributed by atoms with Gasteiger partial charge in [0.15, 0.2) is 0 Å². The largest absolute Gasteiger partial charge is 0.490 e. The van der Waals surface area contributed by atoms with Gasteiger partial charge < -0.3 is 4.74 Å². The SMILES string of the molecule is CC(C)Oc1[c]ccc(C2CC2)c1. The minimum Gasteiger partial charge on any atom is -0.490 e. The van der Waals surface area contributed by atoms with E-state index < -0.39 is 0 Å². The van der Waals surface area contributed by atoms with E-state index in [2.05, 4.69) is 18.2 Å². The molecule has 0 amide bonds. The highest BCUT2D eigenvalue weighted by Crippen LogP contribution is 2.40. The van der Waals surface area contributed by atoms with Crippen LogP contribution in [0.1, 0.15) is 38.2 Å². The summed E-state index contributed by atoms with van der Waals surface area (Å²) in [5.74, 6) is 1.68. The monoisotopic (exact) mass is 175 g/mol. The second-order valence-corrected chi connectivity index (χ2v) is 3.93. The Morgan fingerprint density at radius 3 is 2.85 bits per heavy atom. The van der Waals surface area contributed by atoms with E-state index in [4.69, 9.17) is 4.74 Å². The van der Waals surface area contributed by atoms with Crippen molar-refractivity contribution >= 4 is 0 Å². The fourth-order valence-corrected chi connectivity index (χ4v) is 1.45. The summed E-state index contributed by atoms with van der Waals surface area (Å²) in [7, 11) is 0. The Hall–Kier alpha value is -0.980. The lowest BCUT2D eigenvalue weighted by Gasteiger charge is -2.09. The molecule has 69 valence electrons. The Morgan fingerprint density at radius 1 is 1.46 bits per heavy atom. The molecular formula is C12H15O. The van der Waals surface area contributed by atoms with Gasteiger partial charge in [-0.15, -0.1) is 0 Å². The third kappa shape index (κ3) is 2.24. The fourth-order valence-electron chi connectivity index (χ4n) is 1.45. The Bertz CT molecular complexity index is 287. The molecule has 0 saturated heterocycles. The lowest BCUT2D eigenvalue weighted by atomic mass is 10.1. The van der Waals surface area contributed by atoms with Gasteiger partial charge in [0.25, 0.3) is 0 Å². The van der Waals surface area contributed by atoms with E-state index in [1.165, 1.54) is 18.4 Å². The number of hydrogen-bond acceptors (Lipinski definition) is 1. The average Bonchev–Trinajstić information content (AvgIpc) is 2.85. The van der Waals surface area contributed by atoms with Crippen LogP contribution in [0.3, 0.4) is 0 Å². The van der Waals surface area contributed by atoms with Gasteiger partial charge in [0.2, 0.25) is 0 Å². The van der Waals surface area contributed by atoms with Crippen LogP contribution in [0.15, 0.2) is 18.2 Å². The first kappa shape index (κ1) is 8.61. The van der Waals surface area contributed by atoms with Crippen LogP contribution >= 0.6 is 0 Å². The van der Waals surface area contributed by atoms with Crippen LogP contribution in [-0.2, 0) is 0 Å². The maximum Gasteiger partial charge on any atom is 0.127 e. The topological polar surface area (TPSA) is 9.23 Å². The normalized spacial score (nSPS) is 16.2. The van der Waals surface area contributed by atoms with E-state index in [0.29, 0.717) is 0 Å². The lowest BCUT2D eigenvalue weighted by Crippen LogP contribution is -2.05. The fraction of sp³-hybridized carbons (Fsp3) is 0.500. The summed E-state index contributed by atoms with van der Waals surface area (Å²) in [5, 5.41) is 0. The minimum atomic E-state index is 0.241. The van der Waals surface area contributed by atoms with Crippen molar-refractivity contribution in [1.82, 2.24) is 0 Å². The molecule has 2 rings (SSSR count). The van der Waals surface area contributed by atoms with E-state index in [1.54, 1.807) is 0 Å². The maximum atomic E-state index is 5.58. The summed E-state index contributed by atoms with van der Waals surface area (Å²) in [5.41, 5.74) is 1.41. The molecular weight excluding hydrogens is 160 g/mol. The number of hydrogen-bond donors (Lipinski definition) is 0. The summed E-state index contributed by atoms with van der Waals surface area (Å²) in [6.07, 6.45) is 2.92. The van der Waals surface area contributed by atoms with Gasteiger partial charge in [-0.25, -0.2) is 0 Å². The zero-order valence-corrected chi connectivity index (χ0v) is 8.21. The first-order chi connectivity index (χ1) is 6.25. The van der Waals surface area contributed by atoms with Crippen LogP contribution in [0.2, 0.25) is 0 Å². The molecule has 13 heavy (non-hydrogen) atoms. The van der Waals surface area contributed by atoms with Crippen molar-refractivity contribution in [3.05, 3.63) is 29.8 Å². The molecule has 1 aliphatic rings. The lowest BCUT2D eigenvalue weighted by molar-refractivity contribution is 0.241. The predicted octanol–water partition coefficient (Wildman–Crippen LogP) is 3.15. The van der Waals surface area contributed by atoms with Gasteiger partial charge in [0, 0.05) is 6.07 Å². The molecule has 0 spiro atoms. The van der Waals surface area contributed by atoms with Gasteiger partial charge >= 0.3 is 0 Å². The summed E-state index contributed by atoms with van der Waals surface area (Å²) in [4.78, 5) is 0. The zero-order chi connectivity index (χ0) is 9.26. The van der Waals surface area contributed by atoms with Crippen molar-refractivity contribution in [3.63, 3.8) is 0 Å². The number of benzene rings is 1. The molecule has 0 heterocycles. The first-order valence-corrected chi connectivity index (χ1v) is 4.94. The average molecular weight is 175 g/mol. The molecule has 0 unspecified atom stereocenters. The molecule has 0 N–H and O–H groups in total. The standard InChI is InChI=1S/C12H15O/c1-9(2)13-12-5-3-4-11(8-12)10-6-7-10/h3-4,8-10H,6-7H2,1-2H3. The van der Waals surface area contributed by atoms with Crippen LogP contribution in [0.25, 0.3) is 0 Å². The molecule has 1 radical (unpaired) electrons. The van der Waals surface area contributed by atoms with Crippen molar-refractivity contribution in [1.29, 1.82) is 0 Å². The van der Waals surface area contributed by atoms with E-state index >= 15 is 0 Å². The quantitative estimate of drug-likeness (QED) is 0.685. The van der Waals surface area contributed by atoms with Gasteiger partial charge in [-0.2, -0.15) is 0 Å². The van der Waals surface area contributed by atoms with E-state index in [0.717, 1.165) is 11.7 Å². The van der Waals surface area contributed by atoms with Gasteiger partial charge in [-0.3, -0.25) is 0 Å². The Kier molecular flexibility index (Phi) is 2.26. The number of rotatable bonds is 3. The van der Waals surface area contributed by atoms with E-state index in [-0.39, 0.29) is 6.10 Å². The van der Waals surface area contributed by atoms with Crippen LogP contribution in [0.4, 0.5) is 0 Å². The van der Waals surface area contributed by atoms with E-state index in [1.807, 2.05) is 19.9 Å². The molecule has 0 aromatic heterocycles. The molecule has 1 heteroatoms. The van der Waals surface area contributed by atoms with Crippen molar-refractivity contribution in [2.24, 2.45) is 0 Å². The van der Waals surface area contributed by atoms with Crippen molar-refractivity contribution < 1.29 is 4.74 Å². The molecule has 0 aliphatic heterocycles. The highest BCUT2D eigenvalue weighted by molar-refractivity contribution is 5.32. The third-order valence-corrected chi connectivity index (χ3v) is 2.21. The molecule has 1 saturated carbocycles. The second-order valence-electron chi connectivity index (χ2n) is 3.93. The molecule has 0 bridgehead atoms. The van der Waals surface area contributed by atoms with Gasteiger partial charge in [0.1, 0.15) is 5.75 Å². The molecule has 1 nitrogen and oxygen atoms in total. The first-order valence-electron chi connectivity index (χ1n) is 4.94. The second kappa shape index (κ2) is 3.41. The van der Waals surface area contributed by atoms with E-state index in [9.17, 15) is 0 Å². The van der Waals surface area contributed by atoms with Crippen LogP contribution in [0.5, 0.6) is 5.75 Å². The summed E-state index contributed by atoms with van der Waals surface area (Å²) in [6.45, 7) is 4.08. The molecule has 1 aromatic rings. The zero-order valence-electron chi connectivity index (χ0n) is 8.21. The summed E-state index contributed by atoms with van der Waals surface area (Å²) in [6, 6.07) is 9.33. The molecule has 0 atom stereocenters. The summed E-state index contributed by atoms with van der Waals surface area (Å²) < 4.78 is 5.58. The number of ether oxygens (including phenoxy) is 1.